The van der Waals surface area contributed by atoms with Crippen LogP contribution in [0.5, 0.6) is 0 Å². The molecule has 1 aromatic heterocycles. The zero-order valence-corrected chi connectivity index (χ0v) is 12.9. The SMILES string of the molecule is CC1CCCC(N)(c2noc(Cc3ccc(Cl)cc3)n2)C1. The average molecular weight is 306 g/mol. The third kappa shape index (κ3) is 3.27. The Morgan fingerprint density at radius 2 is 2.14 bits per heavy atom. The Hall–Kier alpha value is -1.39. The van der Waals surface area contributed by atoms with E-state index in [4.69, 9.17) is 21.9 Å². The van der Waals surface area contributed by atoms with Gasteiger partial charge in [0, 0.05) is 5.02 Å². The van der Waals surface area contributed by atoms with Gasteiger partial charge in [-0.25, -0.2) is 0 Å². The molecule has 1 heterocycles. The molecule has 1 saturated carbocycles. The number of rotatable bonds is 3. The average Bonchev–Trinajstić information content (AvgIpc) is 2.90. The van der Waals surface area contributed by atoms with Crippen molar-refractivity contribution >= 4 is 11.6 Å². The number of hydrogen-bond donors (Lipinski definition) is 1. The summed E-state index contributed by atoms with van der Waals surface area (Å²) in [5, 5.41) is 4.85. The van der Waals surface area contributed by atoms with Gasteiger partial charge >= 0.3 is 0 Å². The molecule has 21 heavy (non-hydrogen) atoms. The second-order valence-electron chi connectivity index (χ2n) is 6.17. The predicted octanol–water partition coefficient (Wildman–Crippen LogP) is 3.68. The highest BCUT2D eigenvalue weighted by Gasteiger charge is 2.36. The molecule has 0 bridgehead atoms. The maximum atomic E-state index is 6.49. The first-order valence-electron chi connectivity index (χ1n) is 7.41. The molecule has 0 radical (unpaired) electrons. The molecule has 1 aliphatic rings. The van der Waals surface area contributed by atoms with Crippen LogP contribution in [0.15, 0.2) is 28.8 Å². The van der Waals surface area contributed by atoms with Crippen molar-refractivity contribution in [2.45, 2.75) is 44.6 Å². The highest BCUT2D eigenvalue weighted by atomic mass is 35.5. The van der Waals surface area contributed by atoms with Crippen LogP contribution in [-0.2, 0) is 12.0 Å². The van der Waals surface area contributed by atoms with E-state index in [1.807, 2.05) is 24.3 Å². The van der Waals surface area contributed by atoms with Crippen LogP contribution in [0.4, 0.5) is 0 Å². The van der Waals surface area contributed by atoms with Crippen molar-refractivity contribution in [3.8, 4) is 0 Å². The van der Waals surface area contributed by atoms with E-state index >= 15 is 0 Å². The van der Waals surface area contributed by atoms with Gasteiger partial charge in [-0.05, 0) is 36.5 Å². The monoisotopic (exact) mass is 305 g/mol. The molecular weight excluding hydrogens is 286 g/mol. The summed E-state index contributed by atoms with van der Waals surface area (Å²) >= 11 is 5.88. The Bertz CT molecular complexity index is 610. The van der Waals surface area contributed by atoms with Crippen LogP contribution in [0.3, 0.4) is 0 Å². The first-order chi connectivity index (χ1) is 10.0. The molecule has 0 spiro atoms. The molecule has 2 N–H and O–H groups in total. The minimum atomic E-state index is -0.431. The number of benzene rings is 1. The maximum absolute atomic E-state index is 6.49. The van der Waals surface area contributed by atoms with Crippen LogP contribution in [0, 0.1) is 5.92 Å². The van der Waals surface area contributed by atoms with Gasteiger partial charge < -0.3 is 10.3 Å². The van der Waals surface area contributed by atoms with E-state index in [0.29, 0.717) is 24.1 Å². The van der Waals surface area contributed by atoms with Gasteiger partial charge in [0.2, 0.25) is 5.89 Å². The number of nitrogens with zero attached hydrogens (tertiary/aromatic N) is 2. The molecule has 4 nitrogen and oxygen atoms in total. The lowest BCUT2D eigenvalue weighted by Gasteiger charge is -2.33. The predicted molar refractivity (Wildman–Crippen MR) is 82.1 cm³/mol. The molecule has 112 valence electrons. The Morgan fingerprint density at radius 1 is 1.38 bits per heavy atom. The van der Waals surface area contributed by atoms with Gasteiger partial charge in [-0.15, -0.1) is 0 Å². The lowest BCUT2D eigenvalue weighted by Crippen LogP contribution is -2.42. The van der Waals surface area contributed by atoms with E-state index in [9.17, 15) is 0 Å². The smallest absolute Gasteiger partial charge is 0.231 e. The van der Waals surface area contributed by atoms with Crippen molar-refractivity contribution in [2.75, 3.05) is 0 Å². The quantitative estimate of drug-likeness (QED) is 0.939. The molecule has 2 aromatic rings. The molecule has 2 atom stereocenters. The molecule has 1 aromatic carbocycles. The van der Waals surface area contributed by atoms with Crippen molar-refractivity contribution in [3.63, 3.8) is 0 Å². The van der Waals surface area contributed by atoms with Crippen molar-refractivity contribution < 1.29 is 4.52 Å². The van der Waals surface area contributed by atoms with E-state index in [1.54, 1.807) is 0 Å². The highest BCUT2D eigenvalue weighted by molar-refractivity contribution is 6.30. The first-order valence-corrected chi connectivity index (χ1v) is 7.79. The van der Waals surface area contributed by atoms with Gasteiger partial charge in [-0.2, -0.15) is 4.98 Å². The minimum absolute atomic E-state index is 0.431. The zero-order chi connectivity index (χ0) is 14.9. The fraction of sp³-hybridized carbons (Fsp3) is 0.500. The molecular formula is C16H20ClN3O. The van der Waals surface area contributed by atoms with Crippen LogP contribution in [0.25, 0.3) is 0 Å². The minimum Gasteiger partial charge on any atom is -0.339 e. The summed E-state index contributed by atoms with van der Waals surface area (Å²) in [7, 11) is 0. The lowest BCUT2D eigenvalue weighted by atomic mass is 9.76. The Morgan fingerprint density at radius 3 is 2.86 bits per heavy atom. The normalized spacial score (nSPS) is 26.0. The number of aromatic nitrogens is 2. The fourth-order valence-electron chi connectivity index (χ4n) is 3.10. The summed E-state index contributed by atoms with van der Waals surface area (Å²) in [6.07, 6.45) is 4.81. The van der Waals surface area contributed by atoms with Crippen LogP contribution in [0.2, 0.25) is 5.02 Å². The summed E-state index contributed by atoms with van der Waals surface area (Å²) in [4.78, 5) is 4.52. The van der Waals surface area contributed by atoms with Crippen LogP contribution in [0.1, 0.15) is 49.9 Å². The standard InChI is InChI=1S/C16H20ClN3O/c1-11-3-2-8-16(18,10-11)15-19-14(21-20-15)9-12-4-6-13(17)7-5-12/h4-7,11H,2-3,8-10,18H2,1H3. The van der Waals surface area contributed by atoms with E-state index in [2.05, 4.69) is 17.1 Å². The second-order valence-corrected chi connectivity index (χ2v) is 6.61. The number of halogens is 1. The Kier molecular flexibility index (Phi) is 4.00. The molecule has 3 rings (SSSR count). The molecule has 0 aliphatic heterocycles. The summed E-state index contributed by atoms with van der Waals surface area (Å²) in [5.74, 6) is 1.87. The van der Waals surface area contributed by atoms with Crippen LogP contribution < -0.4 is 5.73 Å². The van der Waals surface area contributed by atoms with Crippen LogP contribution >= 0.6 is 11.6 Å². The largest absolute Gasteiger partial charge is 0.339 e. The third-order valence-corrected chi connectivity index (χ3v) is 4.47. The van der Waals surface area contributed by atoms with Gasteiger partial charge in [0.25, 0.3) is 0 Å². The molecule has 1 fully saturated rings. The van der Waals surface area contributed by atoms with Crippen molar-refractivity contribution in [1.29, 1.82) is 0 Å². The van der Waals surface area contributed by atoms with E-state index in [0.717, 1.165) is 29.8 Å². The molecule has 0 amide bonds. The van der Waals surface area contributed by atoms with Gasteiger partial charge in [-0.3, -0.25) is 0 Å². The maximum Gasteiger partial charge on any atom is 0.231 e. The summed E-state index contributed by atoms with van der Waals surface area (Å²) < 4.78 is 5.38. The third-order valence-electron chi connectivity index (χ3n) is 4.21. The van der Waals surface area contributed by atoms with Gasteiger partial charge in [-0.1, -0.05) is 48.7 Å². The molecule has 0 saturated heterocycles. The van der Waals surface area contributed by atoms with E-state index in [1.165, 1.54) is 6.42 Å². The molecule has 5 heteroatoms. The topological polar surface area (TPSA) is 64.9 Å². The van der Waals surface area contributed by atoms with Crippen molar-refractivity contribution in [2.24, 2.45) is 11.7 Å². The number of hydrogen-bond acceptors (Lipinski definition) is 4. The van der Waals surface area contributed by atoms with Gasteiger partial charge in [0.1, 0.15) is 0 Å². The van der Waals surface area contributed by atoms with E-state index in [-0.39, 0.29) is 0 Å². The molecule has 1 aliphatic carbocycles. The fourth-order valence-corrected chi connectivity index (χ4v) is 3.23. The molecule has 2 unspecified atom stereocenters. The first kappa shape index (κ1) is 14.5. The highest BCUT2D eigenvalue weighted by Crippen LogP contribution is 2.36. The summed E-state index contributed by atoms with van der Waals surface area (Å²) in [6, 6.07) is 7.66. The van der Waals surface area contributed by atoms with Crippen LogP contribution in [-0.4, -0.2) is 10.1 Å². The Labute approximate surface area is 129 Å². The van der Waals surface area contributed by atoms with Crippen molar-refractivity contribution in [1.82, 2.24) is 10.1 Å². The second kappa shape index (κ2) is 5.78. The number of nitrogens with two attached hydrogens (primary N) is 1. The summed E-state index contributed by atoms with van der Waals surface area (Å²) in [5.41, 5.74) is 7.16. The van der Waals surface area contributed by atoms with Gasteiger partial charge in [0.15, 0.2) is 5.82 Å². The lowest BCUT2D eigenvalue weighted by molar-refractivity contribution is 0.221. The zero-order valence-electron chi connectivity index (χ0n) is 12.2. The van der Waals surface area contributed by atoms with Gasteiger partial charge in [0.05, 0.1) is 12.0 Å². The summed E-state index contributed by atoms with van der Waals surface area (Å²) in [6.45, 7) is 2.23. The van der Waals surface area contributed by atoms with Crippen molar-refractivity contribution in [3.05, 3.63) is 46.6 Å². The Balaban J connectivity index is 1.75. The van der Waals surface area contributed by atoms with E-state index < -0.39 is 5.54 Å².